The maximum absolute atomic E-state index is 4.21. The zero-order chi connectivity index (χ0) is 9.38. The topological polar surface area (TPSA) is 12.9 Å². The third kappa shape index (κ3) is 1.47. The number of hydrogen-bond acceptors (Lipinski definition) is 3. The summed E-state index contributed by atoms with van der Waals surface area (Å²) in [5, 5.41) is 2.83. The van der Waals surface area contributed by atoms with Gasteiger partial charge in [-0.15, -0.1) is 11.3 Å². The molecule has 3 rings (SSSR count). The minimum atomic E-state index is 0.718. The average molecular weight is 219 g/mol. The molecular weight excluding hydrogens is 210 g/mol. The Labute approximate surface area is 91.2 Å². The molecule has 1 atom stereocenters. The Bertz CT molecular complexity index is 432. The third-order valence-corrected chi connectivity index (χ3v) is 4.15. The molecule has 0 N–H and O–H groups in total. The van der Waals surface area contributed by atoms with Crippen LogP contribution in [0.5, 0.6) is 0 Å². The van der Waals surface area contributed by atoms with E-state index < -0.39 is 0 Å². The van der Waals surface area contributed by atoms with Gasteiger partial charge < -0.3 is 0 Å². The normalized spacial score (nSPS) is 19.6. The van der Waals surface area contributed by atoms with Crippen molar-refractivity contribution in [1.29, 1.82) is 0 Å². The highest BCUT2D eigenvalue weighted by Crippen LogP contribution is 2.49. The van der Waals surface area contributed by atoms with E-state index in [0.29, 0.717) is 0 Å². The standard InChI is InChI=1S/C11H9NS2/c1-2-10(13-5-1)9-6-12-4-3-8(9)11-7-14-11/h1-6,11H,7H2. The smallest absolute Gasteiger partial charge is 0.0396 e. The highest BCUT2D eigenvalue weighted by Gasteiger charge is 2.27. The van der Waals surface area contributed by atoms with Gasteiger partial charge in [0.1, 0.15) is 0 Å². The summed E-state index contributed by atoms with van der Waals surface area (Å²) in [4.78, 5) is 5.54. The van der Waals surface area contributed by atoms with Crippen LogP contribution in [0.25, 0.3) is 10.4 Å². The number of hydrogen-bond donors (Lipinski definition) is 0. The van der Waals surface area contributed by atoms with E-state index in [4.69, 9.17) is 0 Å². The zero-order valence-electron chi connectivity index (χ0n) is 7.51. The summed E-state index contributed by atoms with van der Waals surface area (Å²) in [7, 11) is 0. The average Bonchev–Trinajstić information content (AvgIpc) is 2.94. The van der Waals surface area contributed by atoms with Crippen molar-refractivity contribution in [1.82, 2.24) is 4.98 Å². The molecule has 0 radical (unpaired) electrons. The molecule has 0 bridgehead atoms. The molecule has 0 aromatic carbocycles. The first-order chi connectivity index (χ1) is 6.95. The van der Waals surface area contributed by atoms with E-state index in [1.807, 2.05) is 24.2 Å². The second-order valence-electron chi connectivity index (χ2n) is 3.26. The van der Waals surface area contributed by atoms with Crippen LogP contribution < -0.4 is 0 Å². The van der Waals surface area contributed by atoms with Gasteiger partial charge in [0.2, 0.25) is 0 Å². The molecule has 0 amide bonds. The molecule has 1 saturated heterocycles. The second kappa shape index (κ2) is 3.41. The number of thiophene rings is 1. The fourth-order valence-electron chi connectivity index (χ4n) is 1.55. The molecule has 70 valence electrons. The molecule has 1 aliphatic heterocycles. The van der Waals surface area contributed by atoms with E-state index in [9.17, 15) is 0 Å². The van der Waals surface area contributed by atoms with Crippen LogP contribution in [0, 0.1) is 0 Å². The summed E-state index contributed by atoms with van der Waals surface area (Å²) < 4.78 is 0. The summed E-state index contributed by atoms with van der Waals surface area (Å²) in [6.07, 6.45) is 3.88. The van der Waals surface area contributed by atoms with Crippen LogP contribution in [0.15, 0.2) is 36.0 Å². The molecule has 1 fully saturated rings. The lowest BCUT2D eigenvalue weighted by Crippen LogP contribution is -1.86. The molecule has 14 heavy (non-hydrogen) atoms. The van der Waals surface area contributed by atoms with Crippen molar-refractivity contribution in [3.05, 3.63) is 41.5 Å². The molecule has 1 unspecified atom stereocenters. The third-order valence-electron chi connectivity index (χ3n) is 2.32. The Kier molecular flexibility index (Phi) is 2.07. The van der Waals surface area contributed by atoms with Crippen LogP contribution in [0.2, 0.25) is 0 Å². The minimum Gasteiger partial charge on any atom is -0.264 e. The molecular formula is C11H9NS2. The van der Waals surface area contributed by atoms with E-state index >= 15 is 0 Å². The number of pyridine rings is 1. The fraction of sp³-hybridized carbons (Fsp3) is 0.182. The first kappa shape index (κ1) is 8.50. The lowest BCUT2D eigenvalue weighted by atomic mass is 10.1. The molecule has 0 saturated carbocycles. The molecule has 3 heteroatoms. The largest absolute Gasteiger partial charge is 0.264 e. The summed E-state index contributed by atoms with van der Waals surface area (Å²) in [5.41, 5.74) is 2.77. The summed E-state index contributed by atoms with van der Waals surface area (Å²) in [6.45, 7) is 0. The number of thioether (sulfide) groups is 1. The van der Waals surface area contributed by atoms with Gasteiger partial charge in [-0.3, -0.25) is 4.98 Å². The molecule has 0 spiro atoms. The van der Waals surface area contributed by atoms with Gasteiger partial charge in [0.15, 0.2) is 0 Å². The van der Waals surface area contributed by atoms with Gasteiger partial charge >= 0.3 is 0 Å². The van der Waals surface area contributed by atoms with Crippen LogP contribution in [-0.2, 0) is 0 Å². The number of nitrogens with zero attached hydrogens (tertiary/aromatic N) is 1. The molecule has 2 aromatic rings. The quantitative estimate of drug-likeness (QED) is 0.716. The van der Waals surface area contributed by atoms with Crippen LogP contribution >= 0.6 is 23.1 Å². The van der Waals surface area contributed by atoms with Gasteiger partial charge in [-0.05, 0) is 23.1 Å². The zero-order valence-corrected chi connectivity index (χ0v) is 9.15. The van der Waals surface area contributed by atoms with Crippen molar-refractivity contribution in [2.45, 2.75) is 5.25 Å². The van der Waals surface area contributed by atoms with Gasteiger partial charge in [-0.2, -0.15) is 11.8 Å². The first-order valence-corrected chi connectivity index (χ1v) is 6.47. The highest BCUT2D eigenvalue weighted by atomic mass is 32.2. The van der Waals surface area contributed by atoms with Crippen LogP contribution in [-0.4, -0.2) is 10.7 Å². The van der Waals surface area contributed by atoms with Crippen molar-refractivity contribution in [3.8, 4) is 10.4 Å². The van der Waals surface area contributed by atoms with E-state index in [0.717, 1.165) is 5.25 Å². The van der Waals surface area contributed by atoms with Gasteiger partial charge in [0, 0.05) is 33.8 Å². The van der Waals surface area contributed by atoms with Crippen molar-refractivity contribution in [2.75, 3.05) is 5.75 Å². The van der Waals surface area contributed by atoms with Crippen molar-refractivity contribution >= 4 is 23.1 Å². The maximum atomic E-state index is 4.21. The van der Waals surface area contributed by atoms with Crippen LogP contribution in [0.4, 0.5) is 0 Å². The predicted molar refractivity (Wildman–Crippen MR) is 62.7 cm³/mol. The Morgan fingerprint density at radius 2 is 2.29 bits per heavy atom. The van der Waals surface area contributed by atoms with Gasteiger partial charge in [-0.1, -0.05) is 6.07 Å². The molecule has 1 aliphatic rings. The van der Waals surface area contributed by atoms with Gasteiger partial charge in [-0.25, -0.2) is 0 Å². The monoisotopic (exact) mass is 219 g/mol. The number of aromatic nitrogens is 1. The Morgan fingerprint density at radius 3 is 3.00 bits per heavy atom. The predicted octanol–water partition coefficient (Wildman–Crippen LogP) is 3.60. The van der Waals surface area contributed by atoms with Crippen LogP contribution in [0.3, 0.4) is 0 Å². The second-order valence-corrected chi connectivity index (χ2v) is 5.45. The highest BCUT2D eigenvalue weighted by molar-refractivity contribution is 8.06. The minimum absolute atomic E-state index is 0.718. The molecule has 1 nitrogen and oxygen atoms in total. The van der Waals surface area contributed by atoms with Crippen LogP contribution in [0.1, 0.15) is 10.8 Å². The Morgan fingerprint density at radius 1 is 1.36 bits per heavy atom. The summed E-state index contributed by atoms with van der Waals surface area (Å²) >= 11 is 3.80. The van der Waals surface area contributed by atoms with E-state index in [1.165, 1.54) is 21.8 Å². The van der Waals surface area contributed by atoms with E-state index in [2.05, 4.69) is 28.6 Å². The van der Waals surface area contributed by atoms with Crippen molar-refractivity contribution in [3.63, 3.8) is 0 Å². The molecule has 3 heterocycles. The first-order valence-electron chi connectivity index (χ1n) is 4.54. The summed E-state index contributed by atoms with van der Waals surface area (Å²) in [6, 6.07) is 6.41. The molecule has 2 aromatic heterocycles. The SMILES string of the molecule is c1csc(-c2cnccc2C2CS2)c1. The number of rotatable bonds is 2. The Hall–Kier alpha value is -0.800. The fourth-order valence-corrected chi connectivity index (χ4v) is 2.97. The lowest BCUT2D eigenvalue weighted by molar-refractivity contribution is 1.19. The van der Waals surface area contributed by atoms with E-state index in [1.54, 1.807) is 11.3 Å². The molecule has 0 aliphatic carbocycles. The Balaban J connectivity index is 2.12. The van der Waals surface area contributed by atoms with Crippen molar-refractivity contribution < 1.29 is 0 Å². The van der Waals surface area contributed by atoms with Gasteiger partial charge in [0.05, 0.1) is 0 Å². The van der Waals surface area contributed by atoms with E-state index in [-0.39, 0.29) is 0 Å². The maximum Gasteiger partial charge on any atom is 0.0396 e. The van der Waals surface area contributed by atoms with Gasteiger partial charge in [0.25, 0.3) is 0 Å². The lowest BCUT2D eigenvalue weighted by Gasteiger charge is -2.03. The van der Waals surface area contributed by atoms with Crippen molar-refractivity contribution in [2.24, 2.45) is 0 Å². The summed E-state index contributed by atoms with van der Waals surface area (Å²) in [5.74, 6) is 1.27.